The van der Waals surface area contributed by atoms with Crippen molar-refractivity contribution in [2.45, 2.75) is 19.0 Å². The number of anilines is 1. The number of hydrogen-bond donors (Lipinski definition) is 1. The van der Waals surface area contributed by atoms with Gasteiger partial charge in [0.05, 0.1) is 17.0 Å². The predicted molar refractivity (Wildman–Crippen MR) is 93.0 cm³/mol. The standard InChI is InChI=1S/C17H16N4O3S/c1-11-7-12(2)20-17(19-11)25-10-16(23)24-9-15(22)21-14-6-4-3-5-13(14)8-18/h3-7H,9-10H2,1-2H3,(H,21,22). The number of aromatic nitrogens is 2. The number of hydrogen-bond acceptors (Lipinski definition) is 7. The summed E-state index contributed by atoms with van der Waals surface area (Å²) in [7, 11) is 0. The Hall–Kier alpha value is -2.92. The van der Waals surface area contributed by atoms with Gasteiger partial charge in [-0.15, -0.1) is 0 Å². The van der Waals surface area contributed by atoms with Crippen LogP contribution in [-0.4, -0.2) is 34.2 Å². The van der Waals surface area contributed by atoms with Crippen LogP contribution in [-0.2, 0) is 14.3 Å². The van der Waals surface area contributed by atoms with Crippen LogP contribution in [0.4, 0.5) is 5.69 Å². The van der Waals surface area contributed by atoms with Crippen LogP contribution in [0.1, 0.15) is 17.0 Å². The van der Waals surface area contributed by atoms with Gasteiger partial charge in [0.15, 0.2) is 11.8 Å². The van der Waals surface area contributed by atoms with Crippen molar-refractivity contribution in [1.82, 2.24) is 9.97 Å². The van der Waals surface area contributed by atoms with E-state index in [1.165, 1.54) is 0 Å². The van der Waals surface area contributed by atoms with Gasteiger partial charge in [-0.3, -0.25) is 9.59 Å². The smallest absolute Gasteiger partial charge is 0.316 e. The highest BCUT2D eigenvalue weighted by Gasteiger charge is 2.11. The van der Waals surface area contributed by atoms with E-state index in [1.807, 2.05) is 26.0 Å². The van der Waals surface area contributed by atoms with Gasteiger partial charge in [0, 0.05) is 11.4 Å². The molecule has 2 aromatic rings. The van der Waals surface area contributed by atoms with Crippen molar-refractivity contribution in [1.29, 1.82) is 5.26 Å². The molecule has 1 heterocycles. The number of thioether (sulfide) groups is 1. The van der Waals surface area contributed by atoms with Crippen LogP contribution in [0.5, 0.6) is 0 Å². The maximum atomic E-state index is 11.8. The number of rotatable bonds is 6. The van der Waals surface area contributed by atoms with Crippen molar-refractivity contribution in [3.05, 3.63) is 47.3 Å². The summed E-state index contributed by atoms with van der Waals surface area (Å²) >= 11 is 1.15. The van der Waals surface area contributed by atoms with Crippen LogP contribution in [0.3, 0.4) is 0 Å². The summed E-state index contributed by atoms with van der Waals surface area (Å²) in [5, 5.41) is 12.0. The number of nitrogens with one attached hydrogen (secondary N) is 1. The molecule has 2 rings (SSSR count). The largest absolute Gasteiger partial charge is 0.455 e. The Morgan fingerprint density at radius 2 is 1.92 bits per heavy atom. The maximum Gasteiger partial charge on any atom is 0.316 e. The van der Waals surface area contributed by atoms with Crippen LogP contribution in [0.15, 0.2) is 35.5 Å². The highest BCUT2D eigenvalue weighted by molar-refractivity contribution is 7.99. The van der Waals surface area contributed by atoms with Gasteiger partial charge >= 0.3 is 5.97 Å². The molecule has 7 nitrogen and oxygen atoms in total. The SMILES string of the molecule is Cc1cc(C)nc(SCC(=O)OCC(=O)Nc2ccccc2C#N)n1. The Balaban J connectivity index is 1.79. The first kappa shape index (κ1) is 18.4. The average molecular weight is 356 g/mol. The molecule has 0 atom stereocenters. The van der Waals surface area contributed by atoms with Gasteiger partial charge in [0.25, 0.3) is 5.91 Å². The van der Waals surface area contributed by atoms with Gasteiger partial charge in [-0.25, -0.2) is 9.97 Å². The van der Waals surface area contributed by atoms with Gasteiger partial charge in [-0.1, -0.05) is 23.9 Å². The molecular weight excluding hydrogens is 340 g/mol. The second-order valence-electron chi connectivity index (χ2n) is 5.09. The minimum atomic E-state index is -0.545. The number of para-hydroxylation sites is 1. The fraction of sp³-hybridized carbons (Fsp3) is 0.235. The molecule has 25 heavy (non-hydrogen) atoms. The molecule has 0 aliphatic carbocycles. The summed E-state index contributed by atoms with van der Waals surface area (Å²) in [6, 6.07) is 10.4. The summed E-state index contributed by atoms with van der Waals surface area (Å²) in [4.78, 5) is 32.0. The average Bonchev–Trinajstić information content (AvgIpc) is 2.58. The minimum Gasteiger partial charge on any atom is -0.455 e. The van der Waals surface area contributed by atoms with Crippen LogP contribution < -0.4 is 5.32 Å². The molecule has 0 aliphatic heterocycles. The lowest BCUT2D eigenvalue weighted by molar-refractivity contribution is -0.144. The molecule has 8 heteroatoms. The minimum absolute atomic E-state index is 0.00492. The summed E-state index contributed by atoms with van der Waals surface area (Å²) in [5.41, 5.74) is 2.35. The molecular formula is C17H16N4O3S. The highest BCUT2D eigenvalue weighted by Crippen LogP contribution is 2.15. The lowest BCUT2D eigenvalue weighted by Crippen LogP contribution is -2.22. The van der Waals surface area contributed by atoms with Gasteiger partial charge in [0.2, 0.25) is 0 Å². The molecule has 0 spiro atoms. The quantitative estimate of drug-likeness (QED) is 0.481. The van der Waals surface area contributed by atoms with E-state index in [-0.39, 0.29) is 5.75 Å². The third-order valence-electron chi connectivity index (χ3n) is 2.97. The molecule has 0 saturated heterocycles. The number of ether oxygens (including phenoxy) is 1. The summed E-state index contributed by atoms with van der Waals surface area (Å²) in [6.07, 6.45) is 0. The first-order valence-electron chi connectivity index (χ1n) is 7.37. The first-order valence-corrected chi connectivity index (χ1v) is 8.36. The van der Waals surface area contributed by atoms with Crippen molar-refractivity contribution in [2.24, 2.45) is 0 Å². The van der Waals surface area contributed by atoms with Crippen LogP contribution in [0, 0.1) is 25.2 Å². The molecule has 0 saturated carbocycles. The maximum absolute atomic E-state index is 11.8. The number of benzene rings is 1. The van der Waals surface area contributed by atoms with Crippen molar-refractivity contribution < 1.29 is 14.3 Å². The van der Waals surface area contributed by atoms with E-state index in [1.54, 1.807) is 24.3 Å². The Morgan fingerprint density at radius 1 is 1.24 bits per heavy atom. The van der Waals surface area contributed by atoms with E-state index in [2.05, 4.69) is 15.3 Å². The second-order valence-corrected chi connectivity index (χ2v) is 6.03. The third kappa shape index (κ3) is 5.90. The molecule has 1 amide bonds. The Morgan fingerprint density at radius 3 is 2.60 bits per heavy atom. The summed E-state index contributed by atoms with van der Waals surface area (Å²) in [6.45, 7) is 3.27. The number of amides is 1. The molecule has 0 bridgehead atoms. The highest BCUT2D eigenvalue weighted by atomic mass is 32.2. The Labute approximate surface area is 149 Å². The molecule has 1 aromatic carbocycles. The molecule has 0 unspecified atom stereocenters. The molecule has 1 aromatic heterocycles. The zero-order valence-corrected chi connectivity index (χ0v) is 14.6. The number of aryl methyl sites for hydroxylation is 2. The number of carbonyl (C=O) groups is 2. The van der Waals surface area contributed by atoms with Gasteiger partial charge in [-0.2, -0.15) is 5.26 Å². The number of esters is 1. The van der Waals surface area contributed by atoms with E-state index in [9.17, 15) is 9.59 Å². The van der Waals surface area contributed by atoms with E-state index in [0.717, 1.165) is 23.1 Å². The van der Waals surface area contributed by atoms with Crippen LogP contribution in [0.25, 0.3) is 0 Å². The van der Waals surface area contributed by atoms with Gasteiger partial charge < -0.3 is 10.1 Å². The summed E-state index contributed by atoms with van der Waals surface area (Å²) < 4.78 is 4.92. The topological polar surface area (TPSA) is 105 Å². The van der Waals surface area contributed by atoms with Crippen LogP contribution >= 0.6 is 11.8 Å². The molecule has 128 valence electrons. The molecule has 1 N–H and O–H groups in total. The lowest BCUT2D eigenvalue weighted by Gasteiger charge is -2.07. The molecule has 0 aliphatic rings. The second kappa shape index (κ2) is 8.80. The van der Waals surface area contributed by atoms with E-state index in [0.29, 0.717) is 16.4 Å². The normalized spacial score (nSPS) is 9.96. The molecule has 0 radical (unpaired) electrons. The molecule has 0 fully saturated rings. The zero-order valence-electron chi connectivity index (χ0n) is 13.8. The zero-order chi connectivity index (χ0) is 18.2. The monoisotopic (exact) mass is 356 g/mol. The van der Waals surface area contributed by atoms with Crippen molar-refractivity contribution in [3.63, 3.8) is 0 Å². The number of nitriles is 1. The van der Waals surface area contributed by atoms with Crippen molar-refractivity contribution in [3.8, 4) is 6.07 Å². The van der Waals surface area contributed by atoms with Crippen LogP contribution in [0.2, 0.25) is 0 Å². The third-order valence-corrected chi connectivity index (χ3v) is 3.79. The summed E-state index contributed by atoms with van der Waals surface area (Å²) in [5.74, 6) is -1.05. The van der Waals surface area contributed by atoms with E-state index < -0.39 is 18.5 Å². The predicted octanol–water partition coefficient (Wildman–Crippen LogP) is 2.24. The van der Waals surface area contributed by atoms with E-state index in [4.69, 9.17) is 10.00 Å². The fourth-order valence-electron chi connectivity index (χ4n) is 1.95. The van der Waals surface area contributed by atoms with Crippen molar-refractivity contribution >= 4 is 29.3 Å². The fourth-order valence-corrected chi connectivity index (χ4v) is 2.69. The lowest BCUT2D eigenvalue weighted by atomic mass is 10.2. The number of carbonyl (C=O) groups excluding carboxylic acids is 2. The first-order chi connectivity index (χ1) is 12.0. The number of nitrogens with zero attached hydrogens (tertiary/aromatic N) is 3. The van der Waals surface area contributed by atoms with E-state index >= 15 is 0 Å². The van der Waals surface area contributed by atoms with Gasteiger partial charge in [0.1, 0.15) is 6.07 Å². The Bertz CT molecular complexity index is 813. The van der Waals surface area contributed by atoms with Gasteiger partial charge in [-0.05, 0) is 32.0 Å². The van der Waals surface area contributed by atoms with Crippen molar-refractivity contribution in [2.75, 3.05) is 17.7 Å². The Kier molecular flexibility index (Phi) is 6.48.